The molecule has 2 heterocycles. The topological polar surface area (TPSA) is 155 Å². The number of hydrogen-bond donors (Lipinski definition) is 1. The summed E-state index contributed by atoms with van der Waals surface area (Å²) >= 11 is 6.13. The van der Waals surface area contributed by atoms with E-state index in [-0.39, 0.29) is 30.3 Å². The Labute approximate surface area is 302 Å². The normalized spacial score (nSPS) is 19.9. The van der Waals surface area contributed by atoms with E-state index >= 15 is 0 Å². The van der Waals surface area contributed by atoms with Gasteiger partial charge in [0.05, 0.1) is 29.5 Å². The van der Waals surface area contributed by atoms with Crippen LogP contribution in [0.5, 0.6) is 5.75 Å². The molecule has 0 radical (unpaired) electrons. The van der Waals surface area contributed by atoms with E-state index in [1.165, 1.54) is 5.56 Å². The van der Waals surface area contributed by atoms with E-state index < -0.39 is 38.9 Å². The molecule has 3 aromatic carbocycles. The van der Waals surface area contributed by atoms with Gasteiger partial charge in [-0.25, -0.2) is 9.13 Å². The van der Waals surface area contributed by atoms with Crippen LogP contribution in [0.3, 0.4) is 0 Å². The van der Waals surface area contributed by atoms with E-state index in [0.29, 0.717) is 29.5 Å². The molecule has 2 atom stereocenters. The van der Waals surface area contributed by atoms with Gasteiger partial charge < -0.3 is 15.0 Å². The minimum Gasteiger partial charge on any atom is -0.485 e. The number of carbonyl (C=O) groups excluding carboxylic acids is 2. The van der Waals surface area contributed by atoms with Gasteiger partial charge in [-0.1, -0.05) is 29.8 Å². The lowest BCUT2D eigenvalue weighted by molar-refractivity contribution is 0.0178. The molecule has 1 aliphatic carbocycles. The quantitative estimate of drug-likeness (QED) is 0.103. The number of nitrogens with zero attached hydrogens (tertiary/aromatic N) is 1. The van der Waals surface area contributed by atoms with Gasteiger partial charge in [0.25, 0.3) is 5.91 Å². The highest BCUT2D eigenvalue weighted by Gasteiger charge is 2.49. The number of phosphoric ester groups is 2. The second-order valence-electron chi connectivity index (χ2n) is 14.9. The van der Waals surface area contributed by atoms with Crippen LogP contribution in [0.1, 0.15) is 93.0 Å². The number of nitrogens with two attached hydrogens (primary N) is 1. The predicted molar refractivity (Wildman–Crippen MR) is 195 cm³/mol. The van der Waals surface area contributed by atoms with E-state index in [1.807, 2.05) is 16.7 Å². The standard InChI is InChI=1S/C36H43ClN2O10P2/c1-35(2,3)47-51(43,48-36(4,5)6)49-50(42)45-20-27(46-50)13-14-39-19-30(28-12-10-23(17-31(28)39)22-7-8-22)32(40)21-44-33-18-24-9-11-26(37)15-25(24)16-29(33)34(38)41/h9-12,15-19,22,27H,7-8,13-14,20-21H2,1-6H3,(H2,38,41)/t27?,50-/m1/s1. The van der Waals surface area contributed by atoms with Crippen molar-refractivity contribution in [1.29, 1.82) is 0 Å². The van der Waals surface area contributed by atoms with Crippen LogP contribution in [0.15, 0.2) is 54.7 Å². The number of amides is 1. The minimum absolute atomic E-state index is 0.0748. The number of rotatable bonds is 13. The van der Waals surface area contributed by atoms with Crippen LogP contribution in [0.25, 0.3) is 21.7 Å². The fourth-order valence-corrected chi connectivity index (χ4v) is 9.98. The molecular weight excluding hydrogens is 718 g/mol. The number of fused-ring (bicyclic) bond motifs is 2. The number of aromatic nitrogens is 1. The first kappa shape index (κ1) is 37.7. The van der Waals surface area contributed by atoms with Crippen LogP contribution in [0, 0.1) is 0 Å². The molecule has 2 fully saturated rings. The SMILES string of the molecule is CC(C)(C)OP(=O)(OC(C)(C)C)O[P@]1(=O)OCC(CCn2cc(C(=O)COc3cc4ccc(Cl)cc4cc3C(N)=O)c3ccc(C4CC4)cc32)O1. The number of hydrogen-bond acceptors (Lipinski definition) is 10. The van der Waals surface area contributed by atoms with Crippen LogP contribution in [0.2, 0.25) is 5.02 Å². The molecule has 15 heteroatoms. The molecule has 1 amide bonds. The number of ketones is 1. The van der Waals surface area contributed by atoms with E-state index in [4.69, 9.17) is 44.5 Å². The monoisotopic (exact) mass is 760 g/mol. The number of primary amides is 1. The first-order valence-electron chi connectivity index (χ1n) is 16.8. The van der Waals surface area contributed by atoms with Gasteiger partial charge in [0.2, 0.25) is 5.78 Å². The molecule has 274 valence electrons. The maximum absolute atomic E-state index is 13.7. The lowest BCUT2D eigenvalue weighted by Gasteiger charge is -2.31. The fourth-order valence-electron chi connectivity index (χ4n) is 5.89. The molecule has 1 aliphatic heterocycles. The molecule has 0 spiro atoms. The molecule has 1 aromatic heterocycles. The number of halogens is 1. The van der Waals surface area contributed by atoms with Crippen molar-refractivity contribution in [2.45, 2.75) is 90.6 Å². The summed E-state index contributed by atoms with van der Waals surface area (Å²) in [5.74, 6) is -0.314. The molecule has 2 N–H and O–H groups in total. The molecule has 1 saturated heterocycles. The Morgan fingerprint density at radius 2 is 1.69 bits per heavy atom. The van der Waals surface area contributed by atoms with Gasteiger partial charge in [-0.2, -0.15) is 4.31 Å². The number of benzene rings is 3. The minimum atomic E-state index is -4.38. The van der Waals surface area contributed by atoms with E-state index in [0.717, 1.165) is 34.5 Å². The Morgan fingerprint density at radius 1 is 0.980 bits per heavy atom. The van der Waals surface area contributed by atoms with Gasteiger partial charge >= 0.3 is 15.6 Å². The summed E-state index contributed by atoms with van der Waals surface area (Å²) in [5, 5.41) is 2.75. The van der Waals surface area contributed by atoms with Crippen molar-refractivity contribution >= 4 is 60.6 Å². The van der Waals surface area contributed by atoms with Crippen LogP contribution in [-0.4, -0.2) is 46.8 Å². The largest absolute Gasteiger partial charge is 0.485 e. The molecule has 4 aromatic rings. The predicted octanol–water partition coefficient (Wildman–Crippen LogP) is 9.35. The summed E-state index contributed by atoms with van der Waals surface area (Å²) in [5.41, 5.74) is 6.39. The number of carbonyl (C=O) groups is 2. The van der Waals surface area contributed by atoms with Crippen molar-refractivity contribution in [3.8, 4) is 5.75 Å². The van der Waals surface area contributed by atoms with E-state index in [2.05, 4.69) is 6.07 Å². The third-order valence-corrected chi connectivity index (χ3v) is 12.5. The van der Waals surface area contributed by atoms with Crippen molar-refractivity contribution in [3.05, 3.63) is 76.4 Å². The Kier molecular flexibility index (Phi) is 10.4. The number of Topliss-reactive ketones (excluding diaryl/α,β-unsaturated/α-hetero) is 1. The van der Waals surface area contributed by atoms with Crippen LogP contribution in [-0.2, 0) is 38.1 Å². The Hall–Kier alpha value is -3.05. The Morgan fingerprint density at radius 3 is 2.33 bits per heavy atom. The number of aryl methyl sites for hydroxylation is 1. The van der Waals surface area contributed by atoms with Crippen molar-refractivity contribution < 1.29 is 45.9 Å². The zero-order valence-electron chi connectivity index (χ0n) is 29.5. The summed E-state index contributed by atoms with van der Waals surface area (Å²) in [6.07, 6.45) is 3.64. The second-order valence-corrected chi connectivity index (χ2v) is 18.6. The summed E-state index contributed by atoms with van der Waals surface area (Å²) in [4.78, 5) is 26.0. The second kappa shape index (κ2) is 14.1. The highest BCUT2D eigenvalue weighted by Crippen LogP contribution is 2.70. The maximum atomic E-state index is 13.7. The first-order chi connectivity index (χ1) is 23.8. The van der Waals surface area contributed by atoms with Crippen molar-refractivity contribution in [3.63, 3.8) is 0 Å². The Bertz CT molecular complexity index is 2080. The average Bonchev–Trinajstić information content (AvgIpc) is 3.70. The molecule has 12 nitrogen and oxygen atoms in total. The summed E-state index contributed by atoms with van der Waals surface area (Å²) in [6, 6.07) is 14.6. The molecule has 1 saturated carbocycles. The van der Waals surface area contributed by atoms with Gasteiger partial charge in [-0.15, -0.1) is 0 Å². The lowest BCUT2D eigenvalue weighted by atomic mass is 10.0. The molecule has 2 aliphatic rings. The van der Waals surface area contributed by atoms with Crippen LogP contribution >= 0.6 is 27.2 Å². The fraction of sp³-hybridized carbons (Fsp3) is 0.444. The van der Waals surface area contributed by atoms with Gasteiger partial charge in [0.15, 0.2) is 6.61 Å². The van der Waals surface area contributed by atoms with E-state index in [9.17, 15) is 18.7 Å². The molecular formula is C36H43ClN2O10P2. The molecule has 6 rings (SSSR count). The van der Waals surface area contributed by atoms with E-state index in [1.54, 1.807) is 78.1 Å². The third kappa shape index (κ3) is 9.31. The lowest BCUT2D eigenvalue weighted by Crippen LogP contribution is -2.24. The van der Waals surface area contributed by atoms with Crippen molar-refractivity contribution in [1.82, 2.24) is 4.57 Å². The third-order valence-electron chi connectivity index (χ3n) is 8.14. The molecule has 51 heavy (non-hydrogen) atoms. The van der Waals surface area contributed by atoms with Gasteiger partial charge in [-0.3, -0.25) is 27.7 Å². The summed E-state index contributed by atoms with van der Waals surface area (Å²) in [6.45, 7) is 9.99. The van der Waals surface area contributed by atoms with Gasteiger partial charge in [-0.05, 0) is 113 Å². The van der Waals surface area contributed by atoms with Crippen molar-refractivity contribution in [2.24, 2.45) is 5.73 Å². The summed E-state index contributed by atoms with van der Waals surface area (Å²) < 4.78 is 62.7. The zero-order valence-corrected chi connectivity index (χ0v) is 32.0. The smallest absolute Gasteiger partial charge is 0.484 e. The average molecular weight is 761 g/mol. The highest BCUT2D eigenvalue weighted by molar-refractivity contribution is 7.62. The Balaban J connectivity index is 1.19. The maximum Gasteiger partial charge on any atom is 0.484 e. The van der Waals surface area contributed by atoms with Crippen molar-refractivity contribution in [2.75, 3.05) is 13.2 Å². The van der Waals surface area contributed by atoms with Gasteiger partial charge in [0, 0.05) is 34.2 Å². The summed E-state index contributed by atoms with van der Waals surface area (Å²) in [7, 11) is -8.69. The molecule has 1 unspecified atom stereocenters. The number of phosphoric acid groups is 2. The van der Waals surface area contributed by atoms with Crippen LogP contribution in [0.4, 0.5) is 0 Å². The first-order valence-corrected chi connectivity index (χ1v) is 20.1. The van der Waals surface area contributed by atoms with Gasteiger partial charge in [0.1, 0.15) is 5.75 Å². The number of ether oxygens (including phenoxy) is 1. The zero-order chi connectivity index (χ0) is 36.9. The highest BCUT2D eigenvalue weighted by atomic mass is 35.5. The van der Waals surface area contributed by atoms with Crippen LogP contribution < -0.4 is 10.5 Å². The molecule has 0 bridgehead atoms.